The molecule has 88 valence electrons. The lowest BCUT2D eigenvalue weighted by molar-refractivity contribution is 0.0524. The minimum atomic E-state index is -0.411. The molecular formula is C11H13BrO4. The van der Waals surface area contributed by atoms with Crippen molar-refractivity contribution in [2.75, 3.05) is 20.8 Å². The molecule has 1 aromatic rings. The number of carbonyl (C=O) groups excluding carboxylic acids is 1. The number of esters is 1. The minimum absolute atomic E-state index is 0.324. The molecule has 1 rings (SSSR count). The van der Waals surface area contributed by atoms with E-state index in [1.807, 2.05) is 0 Å². The van der Waals surface area contributed by atoms with Gasteiger partial charge in [0.1, 0.15) is 11.5 Å². The summed E-state index contributed by atoms with van der Waals surface area (Å²) in [6, 6.07) is 3.29. The maximum atomic E-state index is 11.6. The van der Waals surface area contributed by atoms with Gasteiger partial charge in [-0.05, 0) is 28.9 Å². The molecule has 0 N–H and O–H groups in total. The third-order valence-corrected chi connectivity index (χ3v) is 2.78. The van der Waals surface area contributed by atoms with Crippen molar-refractivity contribution in [2.24, 2.45) is 0 Å². The van der Waals surface area contributed by atoms with Crippen molar-refractivity contribution < 1.29 is 19.0 Å². The zero-order chi connectivity index (χ0) is 12.1. The number of halogens is 1. The molecule has 1 aromatic carbocycles. The van der Waals surface area contributed by atoms with E-state index in [2.05, 4.69) is 15.9 Å². The van der Waals surface area contributed by atoms with Gasteiger partial charge in [0.25, 0.3) is 0 Å². The Morgan fingerprint density at radius 2 is 2.00 bits per heavy atom. The molecule has 0 aliphatic carbocycles. The van der Waals surface area contributed by atoms with E-state index >= 15 is 0 Å². The van der Waals surface area contributed by atoms with Gasteiger partial charge in [-0.3, -0.25) is 0 Å². The summed E-state index contributed by atoms with van der Waals surface area (Å²) in [7, 11) is 3.05. The van der Waals surface area contributed by atoms with E-state index in [1.54, 1.807) is 19.1 Å². The third kappa shape index (κ3) is 2.66. The molecule has 0 heterocycles. The van der Waals surface area contributed by atoms with Crippen LogP contribution in [0.5, 0.6) is 11.5 Å². The summed E-state index contributed by atoms with van der Waals surface area (Å²) in [5.41, 5.74) is 0.387. The summed E-state index contributed by atoms with van der Waals surface area (Å²) in [5, 5.41) is 0. The number of rotatable bonds is 4. The number of hydrogen-bond acceptors (Lipinski definition) is 4. The average molecular weight is 289 g/mol. The lowest BCUT2D eigenvalue weighted by Gasteiger charge is -2.10. The van der Waals surface area contributed by atoms with E-state index in [0.717, 1.165) is 0 Å². The first-order valence-electron chi connectivity index (χ1n) is 4.72. The number of hydrogen-bond donors (Lipinski definition) is 0. The van der Waals surface area contributed by atoms with E-state index in [9.17, 15) is 4.79 Å². The normalized spacial score (nSPS) is 9.75. The monoisotopic (exact) mass is 288 g/mol. The van der Waals surface area contributed by atoms with Gasteiger partial charge in [0.15, 0.2) is 0 Å². The van der Waals surface area contributed by atoms with Crippen LogP contribution in [0.3, 0.4) is 0 Å². The molecular weight excluding hydrogens is 276 g/mol. The van der Waals surface area contributed by atoms with Crippen LogP contribution in [-0.2, 0) is 4.74 Å². The largest absolute Gasteiger partial charge is 0.497 e. The predicted octanol–water partition coefficient (Wildman–Crippen LogP) is 2.64. The van der Waals surface area contributed by atoms with Crippen LogP contribution in [0.1, 0.15) is 17.3 Å². The highest BCUT2D eigenvalue weighted by Gasteiger charge is 2.17. The van der Waals surface area contributed by atoms with Crippen LogP contribution < -0.4 is 9.47 Å². The van der Waals surface area contributed by atoms with Crippen LogP contribution in [-0.4, -0.2) is 26.8 Å². The van der Waals surface area contributed by atoms with Crippen LogP contribution in [0.4, 0.5) is 0 Å². The zero-order valence-corrected chi connectivity index (χ0v) is 11.0. The molecule has 0 saturated heterocycles. The average Bonchev–Trinajstić information content (AvgIpc) is 2.29. The smallest absolute Gasteiger partial charge is 0.339 e. The van der Waals surface area contributed by atoms with Crippen molar-refractivity contribution >= 4 is 21.9 Å². The standard InChI is InChI=1S/C11H13BrO4/c1-4-16-11(13)8-5-7(14-2)6-9(15-3)10(8)12/h5-6H,4H2,1-3H3. The highest BCUT2D eigenvalue weighted by molar-refractivity contribution is 9.10. The molecule has 0 bridgehead atoms. The first-order chi connectivity index (χ1) is 7.63. The van der Waals surface area contributed by atoms with Gasteiger partial charge in [0.2, 0.25) is 0 Å². The van der Waals surface area contributed by atoms with E-state index in [1.165, 1.54) is 14.2 Å². The third-order valence-electron chi connectivity index (χ3n) is 1.96. The molecule has 0 atom stereocenters. The van der Waals surface area contributed by atoms with Crippen molar-refractivity contribution in [1.82, 2.24) is 0 Å². The van der Waals surface area contributed by atoms with Crippen molar-refractivity contribution in [3.8, 4) is 11.5 Å². The summed E-state index contributed by atoms with van der Waals surface area (Å²) in [4.78, 5) is 11.6. The molecule has 0 aromatic heterocycles. The van der Waals surface area contributed by atoms with Gasteiger partial charge in [-0.15, -0.1) is 0 Å². The quantitative estimate of drug-likeness (QED) is 0.799. The summed E-state index contributed by atoms with van der Waals surface area (Å²) < 4.78 is 15.7. The summed E-state index contributed by atoms with van der Waals surface area (Å²) in [6.07, 6.45) is 0. The Bertz CT molecular complexity index is 390. The van der Waals surface area contributed by atoms with Crippen LogP contribution in [0.25, 0.3) is 0 Å². The van der Waals surface area contributed by atoms with Gasteiger partial charge in [0.05, 0.1) is 30.9 Å². The number of ether oxygens (including phenoxy) is 3. The molecule has 0 fully saturated rings. The fourth-order valence-electron chi connectivity index (χ4n) is 1.20. The molecule has 0 radical (unpaired) electrons. The van der Waals surface area contributed by atoms with E-state index in [4.69, 9.17) is 14.2 Å². The van der Waals surface area contributed by atoms with Crippen LogP contribution in [0.15, 0.2) is 16.6 Å². The molecule has 0 amide bonds. The minimum Gasteiger partial charge on any atom is -0.497 e. The molecule has 0 saturated carbocycles. The Morgan fingerprint density at radius 3 is 2.50 bits per heavy atom. The van der Waals surface area contributed by atoms with E-state index in [0.29, 0.717) is 28.1 Å². The highest BCUT2D eigenvalue weighted by atomic mass is 79.9. The molecule has 5 heteroatoms. The maximum absolute atomic E-state index is 11.6. The van der Waals surface area contributed by atoms with Gasteiger partial charge in [-0.25, -0.2) is 4.79 Å². The lowest BCUT2D eigenvalue weighted by Crippen LogP contribution is -2.06. The first-order valence-corrected chi connectivity index (χ1v) is 5.52. The summed E-state index contributed by atoms with van der Waals surface area (Å²) >= 11 is 3.29. The van der Waals surface area contributed by atoms with E-state index < -0.39 is 5.97 Å². The molecule has 0 unspecified atom stereocenters. The number of methoxy groups -OCH3 is 2. The van der Waals surface area contributed by atoms with Gasteiger partial charge in [0, 0.05) is 6.07 Å². The SMILES string of the molecule is CCOC(=O)c1cc(OC)cc(OC)c1Br. The fraction of sp³-hybridized carbons (Fsp3) is 0.364. The van der Waals surface area contributed by atoms with Crippen molar-refractivity contribution in [2.45, 2.75) is 6.92 Å². The molecule has 4 nitrogen and oxygen atoms in total. The van der Waals surface area contributed by atoms with Gasteiger partial charge in [-0.2, -0.15) is 0 Å². The van der Waals surface area contributed by atoms with Gasteiger partial charge < -0.3 is 14.2 Å². The van der Waals surface area contributed by atoms with Crippen LogP contribution in [0, 0.1) is 0 Å². The molecule has 0 aliphatic rings. The Balaban J connectivity index is 3.20. The molecule has 0 spiro atoms. The lowest BCUT2D eigenvalue weighted by atomic mass is 10.2. The Labute approximate surface area is 103 Å². The van der Waals surface area contributed by atoms with E-state index in [-0.39, 0.29) is 0 Å². The van der Waals surface area contributed by atoms with Crippen LogP contribution >= 0.6 is 15.9 Å². The topological polar surface area (TPSA) is 44.8 Å². The maximum Gasteiger partial charge on any atom is 0.339 e. The first kappa shape index (κ1) is 12.8. The number of benzene rings is 1. The Kier molecular flexibility index (Phi) is 4.61. The Morgan fingerprint density at radius 1 is 1.31 bits per heavy atom. The second kappa shape index (κ2) is 5.75. The van der Waals surface area contributed by atoms with Crippen molar-refractivity contribution in [3.05, 3.63) is 22.2 Å². The molecule has 16 heavy (non-hydrogen) atoms. The predicted molar refractivity (Wildman–Crippen MR) is 63.2 cm³/mol. The summed E-state index contributed by atoms with van der Waals surface area (Å²) in [6.45, 7) is 2.08. The van der Waals surface area contributed by atoms with Gasteiger partial charge >= 0.3 is 5.97 Å². The second-order valence-electron chi connectivity index (χ2n) is 2.91. The van der Waals surface area contributed by atoms with Crippen LogP contribution in [0.2, 0.25) is 0 Å². The van der Waals surface area contributed by atoms with Gasteiger partial charge in [-0.1, -0.05) is 0 Å². The molecule has 0 aliphatic heterocycles. The second-order valence-corrected chi connectivity index (χ2v) is 3.70. The number of carbonyl (C=O) groups is 1. The van der Waals surface area contributed by atoms with Crippen molar-refractivity contribution in [1.29, 1.82) is 0 Å². The zero-order valence-electron chi connectivity index (χ0n) is 9.37. The highest BCUT2D eigenvalue weighted by Crippen LogP contribution is 2.33. The fourth-order valence-corrected chi connectivity index (χ4v) is 1.75. The van der Waals surface area contributed by atoms with Crippen molar-refractivity contribution in [3.63, 3.8) is 0 Å². The summed E-state index contributed by atoms with van der Waals surface area (Å²) in [5.74, 6) is 0.664. The Hall–Kier alpha value is -1.23.